The second kappa shape index (κ2) is 12.5. The van der Waals surface area contributed by atoms with Gasteiger partial charge >= 0.3 is 5.97 Å². The monoisotopic (exact) mass is 469 g/mol. The van der Waals surface area contributed by atoms with Gasteiger partial charge in [0.15, 0.2) is 0 Å². The summed E-state index contributed by atoms with van der Waals surface area (Å²) in [5.74, 6) is -3.56. The molecule has 1 aliphatic rings. The minimum absolute atomic E-state index is 0.222. The molecule has 6 N–H and O–H groups in total. The first-order valence-corrected chi connectivity index (χ1v) is 11.5. The highest BCUT2D eigenvalue weighted by Crippen LogP contribution is 2.21. The van der Waals surface area contributed by atoms with Gasteiger partial charge in [0, 0.05) is 6.54 Å². The molecule has 11 heteroatoms. The SMILES string of the molecule is CC[C@H](C)[C@H](NC(=O)[C@@H]1CCCN1C(=O)[C@@H](NC(=O)[C@H](C)N)C(C)C)C(=O)N[C@@H](C)C(=O)O. The van der Waals surface area contributed by atoms with E-state index in [9.17, 15) is 24.0 Å². The summed E-state index contributed by atoms with van der Waals surface area (Å²) in [6.45, 7) is 10.4. The Hall–Kier alpha value is -2.69. The molecule has 0 unspecified atom stereocenters. The number of rotatable bonds is 11. The maximum atomic E-state index is 13.2. The molecule has 1 aliphatic heterocycles. The average Bonchev–Trinajstić information content (AvgIpc) is 3.23. The van der Waals surface area contributed by atoms with Gasteiger partial charge in [-0.1, -0.05) is 34.1 Å². The quantitative estimate of drug-likeness (QED) is 0.274. The predicted molar refractivity (Wildman–Crippen MR) is 122 cm³/mol. The van der Waals surface area contributed by atoms with E-state index in [1.165, 1.54) is 18.7 Å². The molecule has 4 amide bonds. The maximum Gasteiger partial charge on any atom is 0.325 e. The number of nitrogens with zero attached hydrogens (tertiary/aromatic N) is 1. The number of carboxylic acids is 1. The van der Waals surface area contributed by atoms with Crippen LogP contribution in [0.1, 0.15) is 60.8 Å². The van der Waals surface area contributed by atoms with Crippen LogP contribution in [0.2, 0.25) is 0 Å². The third-order valence-corrected chi connectivity index (χ3v) is 6.00. The van der Waals surface area contributed by atoms with Crippen LogP contribution in [0.5, 0.6) is 0 Å². The van der Waals surface area contributed by atoms with Gasteiger partial charge in [-0.3, -0.25) is 24.0 Å². The molecule has 11 nitrogen and oxygen atoms in total. The molecular formula is C22H39N5O6. The van der Waals surface area contributed by atoms with E-state index >= 15 is 0 Å². The van der Waals surface area contributed by atoms with Crippen LogP contribution < -0.4 is 21.7 Å². The number of nitrogens with one attached hydrogen (secondary N) is 3. The summed E-state index contributed by atoms with van der Waals surface area (Å²) >= 11 is 0. The molecule has 0 aromatic carbocycles. The van der Waals surface area contributed by atoms with Gasteiger partial charge < -0.3 is 31.7 Å². The predicted octanol–water partition coefficient (Wildman–Crippen LogP) is -0.414. The molecule has 0 saturated carbocycles. The average molecular weight is 470 g/mol. The van der Waals surface area contributed by atoms with E-state index in [0.717, 1.165) is 0 Å². The molecule has 1 saturated heterocycles. The Bertz CT molecular complexity index is 741. The van der Waals surface area contributed by atoms with E-state index in [-0.39, 0.29) is 17.7 Å². The lowest BCUT2D eigenvalue weighted by atomic mass is 9.97. The molecule has 0 aliphatic carbocycles. The van der Waals surface area contributed by atoms with Gasteiger partial charge in [0.2, 0.25) is 23.6 Å². The zero-order chi connectivity index (χ0) is 25.5. The van der Waals surface area contributed by atoms with Crippen molar-refractivity contribution in [3.05, 3.63) is 0 Å². The van der Waals surface area contributed by atoms with Gasteiger partial charge in [0.25, 0.3) is 0 Å². The largest absolute Gasteiger partial charge is 0.480 e. The smallest absolute Gasteiger partial charge is 0.325 e. The van der Waals surface area contributed by atoms with Crippen molar-refractivity contribution in [2.24, 2.45) is 17.6 Å². The molecule has 0 bridgehead atoms. The van der Waals surface area contributed by atoms with Gasteiger partial charge in [0.05, 0.1) is 6.04 Å². The van der Waals surface area contributed by atoms with Crippen LogP contribution in [0.4, 0.5) is 0 Å². The molecule has 0 spiro atoms. The van der Waals surface area contributed by atoms with Crippen LogP contribution in [0, 0.1) is 11.8 Å². The van der Waals surface area contributed by atoms with Crippen molar-refractivity contribution in [2.75, 3.05) is 6.54 Å². The van der Waals surface area contributed by atoms with E-state index in [2.05, 4.69) is 16.0 Å². The Morgan fingerprint density at radius 1 is 0.970 bits per heavy atom. The summed E-state index contributed by atoms with van der Waals surface area (Å²) in [5.41, 5.74) is 5.62. The van der Waals surface area contributed by atoms with Crippen LogP contribution >= 0.6 is 0 Å². The highest BCUT2D eigenvalue weighted by atomic mass is 16.4. The summed E-state index contributed by atoms with van der Waals surface area (Å²) < 4.78 is 0. The summed E-state index contributed by atoms with van der Waals surface area (Å²) in [7, 11) is 0. The van der Waals surface area contributed by atoms with Crippen LogP contribution in [-0.4, -0.2) is 76.4 Å². The van der Waals surface area contributed by atoms with Crippen molar-refractivity contribution in [3.63, 3.8) is 0 Å². The van der Waals surface area contributed by atoms with Crippen LogP contribution in [0.15, 0.2) is 0 Å². The number of hydrogen-bond acceptors (Lipinski definition) is 6. The van der Waals surface area contributed by atoms with Crippen molar-refractivity contribution in [2.45, 2.75) is 91.0 Å². The fourth-order valence-corrected chi connectivity index (χ4v) is 3.60. The Kier molecular flexibility index (Phi) is 10.8. The Morgan fingerprint density at radius 3 is 2.06 bits per heavy atom. The minimum Gasteiger partial charge on any atom is -0.480 e. The first-order valence-electron chi connectivity index (χ1n) is 11.5. The molecule has 0 radical (unpaired) electrons. The Balaban J connectivity index is 3.01. The Labute approximate surface area is 195 Å². The maximum absolute atomic E-state index is 13.2. The van der Waals surface area contributed by atoms with E-state index in [1.807, 2.05) is 6.92 Å². The third-order valence-electron chi connectivity index (χ3n) is 6.00. The number of amides is 4. The molecule has 33 heavy (non-hydrogen) atoms. The van der Waals surface area contributed by atoms with Crippen molar-refractivity contribution in [1.82, 2.24) is 20.9 Å². The van der Waals surface area contributed by atoms with Gasteiger partial charge in [-0.2, -0.15) is 0 Å². The zero-order valence-electron chi connectivity index (χ0n) is 20.4. The fraction of sp³-hybridized carbons (Fsp3) is 0.773. The fourth-order valence-electron chi connectivity index (χ4n) is 3.60. The zero-order valence-corrected chi connectivity index (χ0v) is 20.4. The molecule has 1 rings (SSSR count). The number of nitrogens with two attached hydrogens (primary N) is 1. The molecule has 1 fully saturated rings. The van der Waals surface area contributed by atoms with E-state index < -0.39 is 53.9 Å². The lowest BCUT2D eigenvalue weighted by molar-refractivity contribution is -0.144. The summed E-state index contributed by atoms with van der Waals surface area (Å²) in [5, 5.41) is 16.8. The lowest BCUT2D eigenvalue weighted by Crippen LogP contribution is -2.59. The summed E-state index contributed by atoms with van der Waals surface area (Å²) in [6, 6.07) is -4.45. The summed E-state index contributed by atoms with van der Waals surface area (Å²) in [6.07, 6.45) is 1.60. The highest BCUT2D eigenvalue weighted by Gasteiger charge is 2.40. The van der Waals surface area contributed by atoms with Crippen molar-refractivity contribution in [1.29, 1.82) is 0 Å². The number of carboxylic acid groups (broad SMARTS) is 1. The van der Waals surface area contributed by atoms with Gasteiger partial charge in [0.1, 0.15) is 24.2 Å². The molecular weight excluding hydrogens is 430 g/mol. The van der Waals surface area contributed by atoms with Gasteiger partial charge in [-0.25, -0.2) is 0 Å². The normalized spacial score (nSPS) is 20.4. The van der Waals surface area contributed by atoms with E-state index in [1.54, 1.807) is 20.8 Å². The number of aliphatic carboxylic acids is 1. The second-order valence-corrected chi connectivity index (χ2v) is 9.15. The lowest BCUT2D eigenvalue weighted by Gasteiger charge is -2.32. The minimum atomic E-state index is -1.18. The highest BCUT2D eigenvalue weighted by molar-refractivity contribution is 5.95. The van der Waals surface area contributed by atoms with Crippen molar-refractivity contribution in [3.8, 4) is 0 Å². The summed E-state index contributed by atoms with van der Waals surface area (Å²) in [4.78, 5) is 63.7. The Morgan fingerprint density at radius 2 is 1.58 bits per heavy atom. The second-order valence-electron chi connectivity index (χ2n) is 9.15. The molecule has 1 heterocycles. The standard InChI is InChI=1S/C22H39N5O6/c1-7-12(4)17(20(30)24-14(6)22(32)33)26-19(29)15-9-8-10-27(15)21(31)16(11(2)3)25-18(28)13(5)23/h11-17H,7-10,23H2,1-6H3,(H,24,30)(H,25,28)(H,26,29)(H,32,33)/t12-,13-,14-,15-,16-,17-/m0/s1. The number of hydrogen-bond donors (Lipinski definition) is 5. The molecule has 0 aromatic rings. The number of carbonyl (C=O) groups is 5. The van der Waals surface area contributed by atoms with E-state index in [0.29, 0.717) is 25.8 Å². The van der Waals surface area contributed by atoms with Crippen molar-refractivity contribution < 1.29 is 29.1 Å². The van der Waals surface area contributed by atoms with Gasteiger partial charge in [-0.05, 0) is 38.5 Å². The first kappa shape index (κ1) is 28.3. The van der Waals surface area contributed by atoms with Crippen LogP contribution in [-0.2, 0) is 24.0 Å². The van der Waals surface area contributed by atoms with Crippen LogP contribution in [0.3, 0.4) is 0 Å². The van der Waals surface area contributed by atoms with E-state index in [4.69, 9.17) is 10.8 Å². The number of carbonyl (C=O) groups excluding carboxylic acids is 4. The molecule has 6 atom stereocenters. The van der Waals surface area contributed by atoms with Gasteiger partial charge in [-0.15, -0.1) is 0 Å². The number of likely N-dealkylation sites (tertiary alicyclic amines) is 1. The van der Waals surface area contributed by atoms with Crippen molar-refractivity contribution >= 4 is 29.6 Å². The molecule has 188 valence electrons. The third kappa shape index (κ3) is 7.69. The topological polar surface area (TPSA) is 171 Å². The first-order chi connectivity index (χ1) is 15.3. The van der Waals surface area contributed by atoms with Crippen LogP contribution in [0.25, 0.3) is 0 Å². The molecule has 0 aromatic heterocycles.